The summed E-state index contributed by atoms with van der Waals surface area (Å²) in [6, 6.07) is 3.53. The van der Waals surface area contributed by atoms with Crippen molar-refractivity contribution in [2.45, 2.75) is 0 Å². The van der Waals surface area contributed by atoms with Crippen LogP contribution in [-0.2, 0) is 11.8 Å². The minimum absolute atomic E-state index is 0.394. The fraction of sp³-hybridized carbons (Fsp3) is 0.300. The predicted octanol–water partition coefficient (Wildman–Crippen LogP) is 1.30. The summed E-state index contributed by atoms with van der Waals surface area (Å²) >= 11 is 0. The second-order valence-electron chi connectivity index (χ2n) is 3.23. The molecule has 1 aromatic carbocycles. The van der Waals surface area contributed by atoms with E-state index in [1.54, 1.807) is 12.1 Å². The van der Waals surface area contributed by atoms with E-state index in [-0.39, 0.29) is 0 Å². The van der Waals surface area contributed by atoms with Gasteiger partial charge in [-0.3, -0.25) is 9.78 Å². The molecule has 0 saturated carbocycles. The lowest BCUT2D eigenvalue weighted by Crippen LogP contribution is -2.10. The number of hydrogen-bond acceptors (Lipinski definition) is 3. The third kappa shape index (κ3) is 1.36. The number of fused-ring (bicyclic) bond motifs is 1. The van der Waals surface area contributed by atoms with Gasteiger partial charge in [-0.1, -0.05) is 0 Å². The predicted molar refractivity (Wildman–Crippen MR) is 55.2 cm³/mol. The maximum atomic E-state index is 11.4. The maximum Gasteiger partial charge on any atom is 0.341 e. The van der Waals surface area contributed by atoms with E-state index in [1.165, 1.54) is 14.2 Å². The normalized spacial score (nSPS) is 10.6. The number of aryl methyl sites for hydroxylation is 1. The van der Waals surface area contributed by atoms with E-state index >= 15 is 0 Å². The standard InChI is InChI=1S/C10H12N2O3/c1-12-8-4-6(10(13)15-3)9(14-2)5-7(8)11-12/h4-5,11H,1-3H3. The monoisotopic (exact) mass is 208 g/mol. The fourth-order valence-corrected chi connectivity index (χ4v) is 1.56. The van der Waals surface area contributed by atoms with Gasteiger partial charge in [-0.15, -0.1) is 0 Å². The van der Waals surface area contributed by atoms with Crippen LogP contribution >= 0.6 is 0 Å². The second kappa shape index (κ2) is 3.34. The van der Waals surface area contributed by atoms with Gasteiger partial charge in [0.05, 0.1) is 25.3 Å². The van der Waals surface area contributed by atoms with Crippen molar-refractivity contribution in [2.75, 3.05) is 14.2 Å². The minimum Gasteiger partial charge on any atom is -0.496 e. The number of rotatable bonds is 2. The first-order valence-corrected chi connectivity index (χ1v) is 4.48. The van der Waals surface area contributed by atoms with Crippen molar-refractivity contribution in [2.24, 2.45) is 7.05 Å². The van der Waals surface area contributed by atoms with E-state index in [2.05, 4.69) is 9.84 Å². The van der Waals surface area contributed by atoms with Crippen molar-refractivity contribution >= 4 is 17.0 Å². The summed E-state index contributed by atoms with van der Waals surface area (Å²) in [5, 5.41) is 3.05. The molecule has 0 aliphatic carbocycles. The van der Waals surface area contributed by atoms with Gasteiger partial charge < -0.3 is 9.47 Å². The molecule has 0 atom stereocenters. The van der Waals surface area contributed by atoms with Crippen LogP contribution in [-0.4, -0.2) is 30.0 Å². The average molecular weight is 208 g/mol. The highest BCUT2D eigenvalue weighted by molar-refractivity contribution is 5.97. The molecule has 1 heterocycles. The van der Waals surface area contributed by atoms with Crippen LogP contribution in [0.15, 0.2) is 12.1 Å². The number of aromatic amines is 1. The number of carbonyl (C=O) groups excluding carboxylic acids is 1. The van der Waals surface area contributed by atoms with Crippen molar-refractivity contribution in [3.05, 3.63) is 17.7 Å². The number of ether oxygens (including phenoxy) is 2. The zero-order chi connectivity index (χ0) is 11.0. The molecule has 5 heteroatoms. The second-order valence-corrected chi connectivity index (χ2v) is 3.23. The lowest BCUT2D eigenvalue weighted by Gasteiger charge is -2.15. The van der Waals surface area contributed by atoms with Crippen molar-refractivity contribution in [3.8, 4) is 5.75 Å². The summed E-state index contributed by atoms with van der Waals surface area (Å²) in [4.78, 5) is 11.4. The first-order chi connectivity index (χ1) is 7.17. The van der Waals surface area contributed by atoms with Gasteiger partial charge in [0.1, 0.15) is 11.3 Å². The van der Waals surface area contributed by atoms with Gasteiger partial charge in [0, 0.05) is 13.1 Å². The molecular weight excluding hydrogens is 196 g/mol. The molecule has 2 aromatic rings. The van der Waals surface area contributed by atoms with E-state index in [9.17, 15) is 4.79 Å². The quantitative estimate of drug-likeness (QED) is 0.757. The Morgan fingerprint density at radius 2 is 2.13 bits per heavy atom. The summed E-state index contributed by atoms with van der Waals surface area (Å²) < 4.78 is 11.6. The Morgan fingerprint density at radius 3 is 2.67 bits per heavy atom. The number of nitrogens with zero attached hydrogens (tertiary/aromatic N) is 1. The molecule has 0 radical (unpaired) electrons. The summed E-state index contributed by atoms with van der Waals surface area (Å²) in [5.41, 5.74) is 2.34. The smallest absolute Gasteiger partial charge is 0.341 e. The molecule has 2 rings (SSSR count). The van der Waals surface area contributed by atoms with Gasteiger partial charge in [0.25, 0.3) is 0 Å². The van der Waals surface area contributed by atoms with Gasteiger partial charge in [-0.2, -0.15) is 0 Å². The number of methoxy groups -OCH3 is 2. The zero-order valence-electron chi connectivity index (χ0n) is 8.83. The lowest BCUT2D eigenvalue weighted by atomic mass is 10.1. The average Bonchev–Trinajstić information content (AvgIpc) is 2.25. The Kier molecular flexibility index (Phi) is 2.15. The summed E-state index contributed by atoms with van der Waals surface area (Å²) in [7, 11) is 4.75. The summed E-state index contributed by atoms with van der Waals surface area (Å²) in [6.07, 6.45) is 0. The molecular formula is C10H12N2O3. The highest BCUT2D eigenvalue weighted by Crippen LogP contribution is 2.26. The first-order valence-electron chi connectivity index (χ1n) is 4.48. The molecule has 80 valence electrons. The van der Waals surface area contributed by atoms with Crippen molar-refractivity contribution in [1.29, 1.82) is 0 Å². The van der Waals surface area contributed by atoms with Crippen molar-refractivity contribution in [3.63, 3.8) is 0 Å². The molecule has 5 nitrogen and oxygen atoms in total. The summed E-state index contributed by atoms with van der Waals surface area (Å²) in [6.45, 7) is 0. The molecule has 0 aliphatic rings. The molecule has 1 N–H and O–H groups in total. The van der Waals surface area contributed by atoms with Gasteiger partial charge in [-0.25, -0.2) is 4.79 Å². The van der Waals surface area contributed by atoms with Crippen LogP contribution < -0.4 is 4.74 Å². The Hall–Kier alpha value is -1.91. The van der Waals surface area contributed by atoms with E-state index in [0.29, 0.717) is 11.3 Å². The van der Waals surface area contributed by atoms with Gasteiger partial charge in [-0.05, 0) is 6.07 Å². The third-order valence-corrected chi connectivity index (χ3v) is 2.37. The molecule has 1 aromatic heterocycles. The van der Waals surface area contributed by atoms with Crippen LogP contribution in [0, 0.1) is 0 Å². The minimum atomic E-state index is -0.394. The molecule has 0 saturated heterocycles. The molecule has 0 unspecified atom stereocenters. The Balaban J connectivity index is 2.59. The van der Waals surface area contributed by atoms with Crippen LogP contribution in [0.3, 0.4) is 0 Å². The highest BCUT2D eigenvalue weighted by atomic mass is 16.5. The number of H-pyrrole nitrogens is 1. The fourth-order valence-electron chi connectivity index (χ4n) is 1.56. The third-order valence-electron chi connectivity index (χ3n) is 2.37. The number of benzene rings is 1. The Morgan fingerprint density at radius 1 is 1.40 bits per heavy atom. The topological polar surface area (TPSA) is 56.2 Å². The van der Waals surface area contributed by atoms with Gasteiger partial charge in [0.15, 0.2) is 0 Å². The van der Waals surface area contributed by atoms with Crippen LogP contribution in [0.1, 0.15) is 10.4 Å². The van der Waals surface area contributed by atoms with E-state index in [4.69, 9.17) is 4.74 Å². The molecule has 15 heavy (non-hydrogen) atoms. The van der Waals surface area contributed by atoms with Crippen LogP contribution in [0.4, 0.5) is 0 Å². The Bertz CT molecular complexity index is 510. The van der Waals surface area contributed by atoms with Crippen molar-refractivity contribution < 1.29 is 14.3 Å². The highest BCUT2D eigenvalue weighted by Gasteiger charge is 2.16. The van der Waals surface area contributed by atoms with Crippen LogP contribution in [0.5, 0.6) is 5.75 Å². The summed E-state index contributed by atoms with van der Waals surface area (Å²) in [5.74, 6) is 0.121. The number of aromatic nitrogens is 2. The first kappa shape index (κ1) is 9.64. The molecule has 0 spiro atoms. The molecule has 0 fully saturated rings. The number of hydrogen-bond donors (Lipinski definition) is 1. The van der Waals surface area contributed by atoms with Gasteiger partial charge in [0.2, 0.25) is 0 Å². The van der Waals surface area contributed by atoms with E-state index < -0.39 is 5.97 Å². The number of nitrogens with one attached hydrogen (secondary N) is 1. The van der Waals surface area contributed by atoms with Crippen molar-refractivity contribution in [1.82, 2.24) is 9.78 Å². The van der Waals surface area contributed by atoms with E-state index in [0.717, 1.165) is 11.0 Å². The number of carbonyl (C=O) groups is 1. The zero-order valence-corrected chi connectivity index (χ0v) is 8.83. The van der Waals surface area contributed by atoms with Crippen LogP contribution in [0.25, 0.3) is 11.0 Å². The largest absolute Gasteiger partial charge is 0.496 e. The van der Waals surface area contributed by atoms with Gasteiger partial charge >= 0.3 is 5.97 Å². The number of esters is 1. The SMILES string of the molecule is COC(=O)c1cc2c(cc1OC)[nH]n2C. The molecule has 0 bridgehead atoms. The van der Waals surface area contributed by atoms with E-state index in [1.807, 2.05) is 11.7 Å². The molecule has 0 aliphatic heterocycles. The van der Waals surface area contributed by atoms with Crippen LogP contribution in [0.2, 0.25) is 0 Å². The molecule has 0 amide bonds. The lowest BCUT2D eigenvalue weighted by molar-refractivity contribution is 0.0597. The maximum absolute atomic E-state index is 11.4. The Labute approximate surface area is 86.6 Å².